The molecule has 76 valence electrons. The van der Waals surface area contributed by atoms with Crippen LogP contribution in [0.15, 0.2) is 28.4 Å². The summed E-state index contributed by atoms with van der Waals surface area (Å²) in [4.78, 5) is 17.0. The molecule has 1 rings (SSSR count). The highest BCUT2D eigenvalue weighted by molar-refractivity contribution is 5.81. The number of rotatable bonds is 4. The second kappa shape index (κ2) is 5.50. The van der Waals surface area contributed by atoms with Gasteiger partial charge in [-0.2, -0.15) is 0 Å². The topological polar surface area (TPSA) is 32.7 Å². The van der Waals surface area contributed by atoms with Gasteiger partial charge in [-0.25, -0.2) is 0 Å². The average Bonchev–Trinajstić information content (AvgIpc) is 2.18. The van der Waals surface area contributed by atoms with Crippen LogP contribution in [0.3, 0.4) is 0 Å². The first-order valence-corrected chi connectivity index (χ1v) is 4.77. The van der Waals surface area contributed by atoms with E-state index in [0.717, 1.165) is 31.4 Å². The van der Waals surface area contributed by atoms with Crippen molar-refractivity contribution in [3.8, 4) is 0 Å². The number of aliphatic imine (C=N–C) groups is 1. The van der Waals surface area contributed by atoms with Crippen LogP contribution in [-0.4, -0.2) is 38.0 Å². The minimum Gasteiger partial charge on any atom is -0.304 e. The molecule has 0 bridgehead atoms. The zero-order chi connectivity index (χ0) is 10.4. The van der Waals surface area contributed by atoms with Crippen LogP contribution in [0.2, 0.25) is 0 Å². The molecule has 3 heteroatoms. The third kappa shape index (κ3) is 3.26. The number of nitrogens with zero attached hydrogens (tertiary/aromatic N) is 2. The highest BCUT2D eigenvalue weighted by atomic mass is 16.1. The third-order valence-electron chi connectivity index (χ3n) is 1.97. The maximum Gasteiger partial charge on any atom is 0.151 e. The molecule has 0 N–H and O–H groups in total. The van der Waals surface area contributed by atoms with Crippen LogP contribution in [0.5, 0.6) is 0 Å². The second-order valence-electron chi connectivity index (χ2n) is 3.52. The number of carbonyl (C=O) groups excluding carboxylic acids is 1. The van der Waals surface area contributed by atoms with E-state index >= 15 is 0 Å². The first kappa shape index (κ1) is 10.9. The lowest BCUT2D eigenvalue weighted by Crippen LogP contribution is -2.14. The van der Waals surface area contributed by atoms with Crippen LogP contribution >= 0.6 is 0 Å². The Balaban J connectivity index is 2.58. The molecule has 0 amide bonds. The normalized spacial score (nSPS) is 17.1. The minimum absolute atomic E-state index is 0.714. The van der Waals surface area contributed by atoms with Crippen molar-refractivity contribution in [2.75, 3.05) is 20.6 Å². The monoisotopic (exact) mass is 192 g/mol. The summed E-state index contributed by atoms with van der Waals surface area (Å²) < 4.78 is 0. The standard InChI is InChI=1S/C11H16N2O/c1-13(2)8-7-12-11-6-4-3-5-10(11)9-14/h5-7,9H,3-4,8H2,1-2H3. The van der Waals surface area contributed by atoms with Crippen molar-refractivity contribution in [2.45, 2.75) is 12.8 Å². The van der Waals surface area contributed by atoms with Crippen molar-refractivity contribution in [3.63, 3.8) is 0 Å². The lowest BCUT2D eigenvalue weighted by molar-refractivity contribution is -0.104. The van der Waals surface area contributed by atoms with Gasteiger partial charge >= 0.3 is 0 Å². The smallest absolute Gasteiger partial charge is 0.151 e. The minimum atomic E-state index is 0.714. The fourth-order valence-corrected chi connectivity index (χ4v) is 1.22. The maximum absolute atomic E-state index is 10.7. The van der Waals surface area contributed by atoms with E-state index < -0.39 is 0 Å². The van der Waals surface area contributed by atoms with Gasteiger partial charge in [0.1, 0.15) is 0 Å². The molecule has 0 radical (unpaired) electrons. The fraction of sp³-hybridized carbons (Fsp3) is 0.455. The van der Waals surface area contributed by atoms with Gasteiger partial charge in [0.05, 0.1) is 5.70 Å². The summed E-state index contributed by atoms with van der Waals surface area (Å²) in [5.41, 5.74) is 1.53. The van der Waals surface area contributed by atoms with E-state index in [9.17, 15) is 4.79 Å². The molecule has 0 aromatic heterocycles. The van der Waals surface area contributed by atoms with E-state index in [2.05, 4.69) is 4.99 Å². The highest BCUT2D eigenvalue weighted by Crippen LogP contribution is 2.17. The van der Waals surface area contributed by atoms with Crippen LogP contribution in [-0.2, 0) is 4.79 Å². The van der Waals surface area contributed by atoms with E-state index in [-0.39, 0.29) is 0 Å². The molecule has 1 aliphatic rings. The quantitative estimate of drug-likeness (QED) is 0.498. The molecule has 3 nitrogen and oxygen atoms in total. The van der Waals surface area contributed by atoms with Crippen LogP contribution in [0.25, 0.3) is 0 Å². The zero-order valence-electron chi connectivity index (χ0n) is 8.73. The lowest BCUT2D eigenvalue weighted by atomic mass is 10.1. The molecule has 0 fully saturated rings. The molecule has 0 atom stereocenters. The Hall–Kier alpha value is -1.22. The third-order valence-corrected chi connectivity index (χ3v) is 1.97. The van der Waals surface area contributed by atoms with Gasteiger partial charge in [-0.15, -0.1) is 0 Å². The molecule has 0 aromatic carbocycles. The van der Waals surface area contributed by atoms with Crippen LogP contribution < -0.4 is 0 Å². The highest BCUT2D eigenvalue weighted by Gasteiger charge is 2.05. The van der Waals surface area contributed by atoms with Gasteiger partial charge < -0.3 is 4.90 Å². The first-order valence-electron chi connectivity index (χ1n) is 4.77. The Kier molecular flexibility index (Phi) is 4.26. The molecule has 0 saturated carbocycles. The Morgan fingerprint density at radius 3 is 2.79 bits per heavy atom. The van der Waals surface area contributed by atoms with E-state index in [0.29, 0.717) is 5.57 Å². The molecule has 1 aliphatic carbocycles. The number of hydrogen-bond donors (Lipinski definition) is 0. The van der Waals surface area contributed by atoms with Gasteiger partial charge in [0.25, 0.3) is 0 Å². The van der Waals surface area contributed by atoms with Gasteiger partial charge in [-0.3, -0.25) is 9.79 Å². The molecular weight excluding hydrogens is 176 g/mol. The largest absolute Gasteiger partial charge is 0.304 e. The van der Waals surface area contributed by atoms with E-state index in [4.69, 9.17) is 0 Å². The maximum atomic E-state index is 10.7. The molecular formula is C11H16N2O. The average molecular weight is 192 g/mol. The van der Waals surface area contributed by atoms with Crippen LogP contribution in [0.1, 0.15) is 12.8 Å². The number of hydrogen-bond acceptors (Lipinski definition) is 3. The predicted molar refractivity (Wildman–Crippen MR) is 58.5 cm³/mol. The van der Waals surface area contributed by atoms with Gasteiger partial charge in [0.15, 0.2) is 6.29 Å². The van der Waals surface area contributed by atoms with Gasteiger partial charge in [-0.1, -0.05) is 12.2 Å². The van der Waals surface area contributed by atoms with E-state index in [1.54, 1.807) is 0 Å². The summed E-state index contributed by atoms with van der Waals surface area (Å²) in [5.74, 6) is 0. The Labute approximate surface area is 84.8 Å². The molecule has 0 aliphatic heterocycles. The Morgan fingerprint density at radius 2 is 2.14 bits per heavy atom. The van der Waals surface area contributed by atoms with Crippen molar-refractivity contribution in [2.24, 2.45) is 4.99 Å². The van der Waals surface area contributed by atoms with E-state index in [1.165, 1.54) is 0 Å². The van der Waals surface area contributed by atoms with Crippen LogP contribution in [0.4, 0.5) is 0 Å². The van der Waals surface area contributed by atoms with Gasteiger partial charge in [0, 0.05) is 18.3 Å². The van der Waals surface area contributed by atoms with E-state index in [1.807, 2.05) is 37.4 Å². The summed E-state index contributed by atoms with van der Waals surface area (Å²) in [6.07, 6.45) is 8.57. The number of aldehydes is 1. The summed E-state index contributed by atoms with van der Waals surface area (Å²) in [6.45, 7) is 0.795. The molecule has 0 heterocycles. The molecule has 14 heavy (non-hydrogen) atoms. The Morgan fingerprint density at radius 1 is 1.43 bits per heavy atom. The van der Waals surface area contributed by atoms with Crippen LogP contribution in [0, 0.1) is 0 Å². The predicted octanol–water partition coefficient (Wildman–Crippen LogP) is 1.42. The van der Waals surface area contributed by atoms with Gasteiger partial charge in [0.2, 0.25) is 0 Å². The zero-order valence-corrected chi connectivity index (χ0v) is 8.73. The summed E-state index contributed by atoms with van der Waals surface area (Å²) in [6, 6.07) is 0. The number of allylic oxidation sites excluding steroid dienone is 3. The Bertz CT molecular complexity index is 288. The van der Waals surface area contributed by atoms with Crippen molar-refractivity contribution >= 4 is 12.5 Å². The summed E-state index contributed by atoms with van der Waals surface area (Å²) in [5, 5.41) is 0. The summed E-state index contributed by atoms with van der Waals surface area (Å²) in [7, 11) is 3.97. The second-order valence-corrected chi connectivity index (χ2v) is 3.52. The molecule has 0 aromatic rings. The molecule has 0 saturated heterocycles. The van der Waals surface area contributed by atoms with Gasteiger partial charge in [-0.05, 0) is 26.9 Å². The van der Waals surface area contributed by atoms with Crippen molar-refractivity contribution in [3.05, 3.63) is 23.4 Å². The van der Waals surface area contributed by atoms with Crippen molar-refractivity contribution < 1.29 is 4.79 Å². The first-order chi connectivity index (χ1) is 6.74. The number of carbonyl (C=O) groups is 1. The fourth-order valence-electron chi connectivity index (χ4n) is 1.22. The molecule has 0 spiro atoms. The van der Waals surface area contributed by atoms with Crippen molar-refractivity contribution in [1.82, 2.24) is 4.90 Å². The molecule has 0 unspecified atom stereocenters. The lowest BCUT2D eigenvalue weighted by Gasteiger charge is -2.07. The summed E-state index contributed by atoms with van der Waals surface area (Å²) >= 11 is 0. The SMILES string of the molecule is CN(C)CC=NC1=CCCC=C1C=O. The van der Waals surface area contributed by atoms with Crippen molar-refractivity contribution in [1.29, 1.82) is 0 Å².